The summed E-state index contributed by atoms with van der Waals surface area (Å²) in [6.45, 7) is 3.89. The van der Waals surface area contributed by atoms with E-state index in [1.165, 1.54) is 4.90 Å². The smallest absolute Gasteiger partial charge is 0.244 e. The summed E-state index contributed by atoms with van der Waals surface area (Å²) in [5.41, 5.74) is 5.80. The van der Waals surface area contributed by atoms with Crippen LogP contribution in [-0.4, -0.2) is 24.1 Å². The van der Waals surface area contributed by atoms with Gasteiger partial charge in [0.15, 0.2) is 0 Å². The number of para-hydroxylation sites is 2. The lowest BCUT2D eigenvalue weighted by atomic mass is 10.1. The minimum Gasteiger partial charge on any atom is -0.324 e. The summed E-state index contributed by atoms with van der Waals surface area (Å²) >= 11 is 0. The molecule has 1 N–H and O–H groups in total. The van der Waals surface area contributed by atoms with E-state index in [1.807, 2.05) is 86.6 Å². The molecule has 0 atom stereocenters. The average molecular weight is 397 g/mol. The summed E-state index contributed by atoms with van der Waals surface area (Å²) in [4.78, 5) is 32.2. The maximum atomic E-state index is 13.1. The van der Waals surface area contributed by atoms with E-state index in [-0.39, 0.29) is 24.8 Å². The fourth-order valence-electron chi connectivity index (χ4n) is 3.60. The van der Waals surface area contributed by atoms with E-state index in [9.17, 15) is 9.59 Å². The SMILES string of the molecule is Cc1ccc(NC(=O)CN2C(=O)CC(c3ccccc3)=Nc3ccccc32)c(C)c1. The molecular weight excluding hydrogens is 374 g/mol. The summed E-state index contributed by atoms with van der Waals surface area (Å²) in [5.74, 6) is -0.397. The Bertz CT molecular complexity index is 1140. The first-order chi connectivity index (χ1) is 14.5. The van der Waals surface area contributed by atoms with E-state index in [4.69, 9.17) is 4.99 Å². The van der Waals surface area contributed by atoms with Crippen molar-refractivity contribution in [2.45, 2.75) is 20.3 Å². The number of fused-ring (bicyclic) bond motifs is 1. The Morgan fingerprint density at radius 3 is 2.50 bits per heavy atom. The fourth-order valence-corrected chi connectivity index (χ4v) is 3.60. The van der Waals surface area contributed by atoms with Crippen LogP contribution < -0.4 is 10.2 Å². The van der Waals surface area contributed by atoms with Crippen LogP contribution in [0.1, 0.15) is 23.1 Å². The number of nitrogens with zero attached hydrogens (tertiary/aromatic N) is 2. The van der Waals surface area contributed by atoms with Crippen LogP contribution in [0.15, 0.2) is 77.8 Å². The van der Waals surface area contributed by atoms with E-state index >= 15 is 0 Å². The van der Waals surface area contributed by atoms with Crippen LogP contribution in [0, 0.1) is 13.8 Å². The van der Waals surface area contributed by atoms with Crippen LogP contribution >= 0.6 is 0 Å². The van der Waals surface area contributed by atoms with Crippen molar-refractivity contribution in [1.82, 2.24) is 0 Å². The number of hydrogen-bond donors (Lipinski definition) is 1. The lowest BCUT2D eigenvalue weighted by Crippen LogP contribution is -2.38. The van der Waals surface area contributed by atoms with Crippen molar-refractivity contribution in [1.29, 1.82) is 0 Å². The van der Waals surface area contributed by atoms with Crippen molar-refractivity contribution in [3.05, 3.63) is 89.5 Å². The lowest BCUT2D eigenvalue weighted by Gasteiger charge is -2.22. The highest BCUT2D eigenvalue weighted by atomic mass is 16.2. The number of aryl methyl sites for hydroxylation is 2. The molecule has 0 bridgehead atoms. The first kappa shape index (κ1) is 19.6. The largest absolute Gasteiger partial charge is 0.324 e. The van der Waals surface area contributed by atoms with Crippen molar-refractivity contribution in [2.24, 2.45) is 4.99 Å². The van der Waals surface area contributed by atoms with Gasteiger partial charge in [-0.1, -0.05) is 60.2 Å². The maximum Gasteiger partial charge on any atom is 0.244 e. The molecule has 0 unspecified atom stereocenters. The van der Waals surface area contributed by atoms with Crippen LogP contribution in [-0.2, 0) is 9.59 Å². The molecule has 1 aliphatic rings. The number of amides is 2. The van der Waals surface area contributed by atoms with Gasteiger partial charge in [-0.15, -0.1) is 0 Å². The van der Waals surface area contributed by atoms with Crippen LogP contribution in [0.2, 0.25) is 0 Å². The second-order valence-electron chi connectivity index (χ2n) is 7.44. The van der Waals surface area contributed by atoms with Gasteiger partial charge in [0.25, 0.3) is 0 Å². The second-order valence-corrected chi connectivity index (χ2v) is 7.44. The van der Waals surface area contributed by atoms with Crippen LogP contribution in [0.4, 0.5) is 17.1 Å². The molecule has 2 amide bonds. The quantitative estimate of drug-likeness (QED) is 0.687. The zero-order chi connectivity index (χ0) is 21.1. The van der Waals surface area contributed by atoms with Crippen molar-refractivity contribution < 1.29 is 9.59 Å². The van der Waals surface area contributed by atoms with Crippen LogP contribution in [0.25, 0.3) is 0 Å². The molecule has 0 fully saturated rings. The third-order valence-electron chi connectivity index (χ3n) is 5.11. The van der Waals surface area contributed by atoms with Crippen molar-refractivity contribution >= 4 is 34.6 Å². The Hall–Kier alpha value is -3.73. The number of nitrogens with one attached hydrogen (secondary N) is 1. The topological polar surface area (TPSA) is 61.8 Å². The molecule has 3 aromatic rings. The number of carbonyl (C=O) groups excluding carboxylic acids is 2. The maximum absolute atomic E-state index is 13.1. The summed E-state index contributed by atoms with van der Waals surface area (Å²) in [6, 6.07) is 22.9. The van der Waals surface area contributed by atoms with Crippen LogP contribution in [0.5, 0.6) is 0 Å². The summed E-state index contributed by atoms with van der Waals surface area (Å²) in [7, 11) is 0. The number of aliphatic imine (C=N–C) groups is 1. The molecule has 150 valence electrons. The Kier molecular flexibility index (Phi) is 5.44. The first-order valence-corrected chi connectivity index (χ1v) is 9.91. The minimum absolute atomic E-state index is 0.0687. The molecule has 0 saturated heterocycles. The second kappa shape index (κ2) is 8.33. The van der Waals surface area contributed by atoms with Gasteiger partial charge < -0.3 is 10.2 Å². The fraction of sp³-hybridized carbons (Fsp3) is 0.160. The summed E-state index contributed by atoms with van der Waals surface area (Å²) in [5, 5.41) is 2.93. The number of carbonyl (C=O) groups is 2. The van der Waals surface area contributed by atoms with Gasteiger partial charge >= 0.3 is 0 Å². The Balaban J connectivity index is 1.60. The van der Waals surface area contributed by atoms with E-state index in [0.29, 0.717) is 17.1 Å². The minimum atomic E-state index is -0.242. The molecule has 4 rings (SSSR count). The molecule has 1 heterocycles. The van der Waals surface area contributed by atoms with Gasteiger partial charge in [-0.2, -0.15) is 0 Å². The van der Waals surface area contributed by atoms with E-state index < -0.39 is 0 Å². The third-order valence-corrected chi connectivity index (χ3v) is 5.11. The normalized spacial score (nSPS) is 13.3. The van der Waals surface area contributed by atoms with Gasteiger partial charge in [0.2, 0.25) is 11.8 Å². The number of benzene rings is 3. The first-order valence-electron chi connectivity index (χ1n) is 9.91. The zero-order valence-electron chi connectivity index (χ0n) is 17.1. The third kappa shape index (κ3) is 4.15. The van der Waals surface area contributed by atoms with Gasteiger partial charge in [0.05, 0.1) is 23.5 Å². The average Bonchev–Trinajstić information content (AvgIpc) is 2.88. The molecule has 0 saturated carbocycles. The van der Waals surface area contributed by atoms with Gasteiger partial charge in [-0.05, 0) is 43.2 Å². The Morgan fingerprint density at radius 2 is 1.73 bits per heavy atom. The number of rotatable bonds is 4. The van der Waals surface area contributed by atoms with Crippen LogP contribution in [0.3, 0.4) is 0 Å². The van der Waals surface area contributed by atoms with Crippen molar-refractivity contribution in [3.63, 3.8) is 0 Å². The molecule has 0 aliphatic carbocycles. The number of hydrogen-bond acceptors (Lipinski definition) is 3. The van der Waals surface area contributed by atoms with Crippen molar-refractivity contribution in [2.75, 3.05) is 16.8 Å². The highest BCUT2D eigenvalue weighted by molar-refractivity contribution is 6.19. The van der Waals surface area contributed by atoms with E-state index in [2.05, 4.69) is 5.32 Å². The Labute approximate surface area is 176 Å². The number of anilines is 2. The molecule has 0 aromatic heterocycles. The zero-order valence-corrected chi connectivity index (χ0v) is 17.1. The van der Waals surface area contributed by atoms with Gasteiger partial charge in [-0.25, -0.2) is 0 Å². The molecule has 5 heteroatoms. The predicted octanol–water partition coefficient (Wildman–Crippen LogP) is 4.80. The molecule has 0 radical (unpaired) electrons. The standard InChI is InChI=1S/C25H23N3O2/c1-17-12-13-20(18(2)14-17)27-24(29)16-28-23-11-7-6-10-21(23)26-22(15-25(28)30)19-8-4-3-5-9-19/h3-14H,15-16H2,1-2H3,(H,27,29). The lowest BCUT2D eigenvalue weighted by molar-refractivity contribution is -0.120. The molecule has 0 spiro atoms. The van der Waals surface area contributed by atoms with Gasteiger partial charge in [0.1, 0.15) is 6.54 Å². The van der Waals surface area contributed by atoms with Crippen molar-refractivity contribution in [3.8, 4) is 0 Å². The summed E-state index contributed by atoms with van der Waals surface area (Å²) in [6.07, 6.45) is 0.134. The summed E-state index contributed by atoms with van der Waals surface area (Å²) < 4.78 is 0. The molecule has 30 heavy (non-hydrogen) atoms. The molecule has 5 nitrogen and oxygen atoms in total. The van der Waals surface area contributed by atoms with Gasteiger partial charge in [-0.3, -0.25) is 14.6 Å². The molecular formula is C25H23N3O2. The molecule has 1 aliphatic heterocycles. The van der Waals surface area contributed by atoms with E-state index in [0.717, 1.165) is 22.4 Å². The highest BCUT2D eigenvalue weighted by Gasteiger charge is 2.26. The van der Waals surface area contributed by atoms with E-state index in [1.54, 1.807) is 0 Å². The highest BCUT2D eigenvalue weighted by Crippen LogP contribution is 2.32. The molecule has 3 aromatic carbocycles. The monoisotopic (exact) mass is 397 g/mol. The Morgan fingerprint density at radius 1 is 1.00 bits per heavy atom. The predicted molar refractivity (Wildman–Crippen MR) is 121 cm³/mol. The van der Waals surface area contributed by atoms with Gasteiger partial charge in [0, 0.05) is 5.69 Å².